The standard InChI is InChI=1S/C25H18FN5O2S/c26-19-12-10-18(11-13-19)22-16-34-25(27-22)30(14-17-6-2-1-3-7-17)23(32)15-31-24(33)20-8-4-5-9-21(20)28-29-31/h1-13,16H,14-15H2. The van der Waals surface area contributed by atoms with Gasteiger partial charge in [-0.3, -0.25) is 14.5 Å². The lowest BCUT2D eigenvalue weighted by Crippen LogP contribution is -2.37. The number of benzene rings is 3. The van der Waals surface area contributed by atoms with Crippen molar-refractivity contribution in [2.75, 3.05) is 4.90 Å². The van der Waals surface area contributed by atoms with E-state index in [1.54, 1.807) is 36.4 Å². The van der Waals surface area contributed by atoms with E-state index in [-0.39, 0.29) is 30.4 Å². The molecular formula is C25H18FN5O2S. The second-order valence-electron chi connectivity index (χ2n) is 7.56. The fourth-order valence-electron chi connectivity index (χ4n) is 3.51. The second-order valence-corrected chi connectivity index (χ2v) is 8.39. The van der Waals surface area contributed by atoms with Gasteiger partial charge >= 0.3 is 0 Å². The summed E-state index contributed by atoms with van der Waals surface area (Å²) in [6, 6.07) is 22.4. The van der Waals surface area contributed by atoms with E-state index in [1.165, 1.54) is 28.4 Å². The topological polar surface area (TPSA) is 81.0 Å². The van der Waals surface area contributed by atoms with Gasteiger partial charge in [0, 0.05) is 10.9 Å². The summed E-state index contributed by atoms with van der Waals surface area (Å²) < 4.78 is 14.4. The van der Waals surface area contributed by atoms with Gasteiger partial charge in [0.05, 0.1) is 17.6 Å². The third-order valence-electron chi connectivity index (χ3n) is 5.26. The van der Waals surface area contributed by atoms with E-state index in [0.717, 1.165) is 15.8 Å². The van der Waals surface area contributed by atoms with Gasteiger partial charge < -0.3 is 0 Å². The number of aromatic nitrogens is 4. The Balaban J connectivity index is 1.48. The molecule has 168 valence electrons. The molecule has 5 aromatic rings. The number of fused-ring (bicyclic) bond motifs is 1. The smallest absolute Gasteiger partial charge is 0.278 e. The van der Waals surface area contributed by atoms with Crippen molar-refractivity contribution in [3.8, 4) is 11.3 Å². The van der Waals surface area contributed by atoms with Crippen LogP contribution >= 0.6 is 11.3 Å². The zero-order valence-corrected chi connectivity index (χ0v) is 18.7. The van der Waals surface area contributed by atoms with Gasteiger partial charge in [-0.2, -0.15) is 0 Å². The summed E-state index contributed by atoms with van der Waals surface area (Å²) in [5.41, 5.74) is 2.37. The minimum atomic E-state index is -0.384. The number of thiazole rings is 1. The van der Waals surface area contributed by atoms with Crippen molar-refractivity contribution < 1.29 is 9.18 Å². The predicted molar refractivity (Wildman–Crippen MR) is 129 cm³/mol. The zero-order chi connectivity index (χ0) is 23.5. The average Bonchev–Trinajstić information content (AvgIpc) is 3.35. The molecule has 2 aromatic heterocycles. The molecule has 0 saturated heterocycles. The molecule has 0 aliphatic heterocycles. The number of rotatable bonds is 6. The molecule has 0 aliphatic rings. The Labute approximate surface area is 197 Å². The monoisotopic (exact) mass is 471 g/mol. The molecule has 0 aliphatic carbocycles. The van der Waals surface area contributed by atoms with Gasteiger partial charge in [-0.25, -0.2) is 14.1 Å². The minimum Gasteiger partial charge on any atom is -0.282 e. The van der Waals surface area contributed by atoms with E-state index < -0.39 is 0 Å². The molecule has 2 heterocycles. The van der Waals surface area contributed by atoms with Crippen molar-refractivity contribution in [1.82, 2.24) is 20.0 Å². The molecule has 0 fully saturated rings. The van der Waals surface area contributed by atoms with Gasteiger partial charge in [0.15, 0.2) is 5.13 Å². The summed E-state index contributed by atoms with van der Waals surface area (Å²) in [6.07, 6.45) is 0. The summed E-state index contributed by atoms with van der Waals surface area (Å²) >= 11 is 1.30. The molecule has 34 heavy (non-hydrogen) atoms. The zero-order valence-electron chi connectivity index (χ0n) is 17.8. The van der Waals surface area contributed by atoms with Crippen molar-refractivity contribution in [2.24, 2.45) is 0 Å². The Bertz CT molecular complexity index is 1520. The van der Waals surface area contributed by atoms with Crippen molar-refractivity contribution in [3.05, 3.63) is 106 Å². The van der Waals surface area contributed by atoms with Crippen LogP contribution in [-0.4, -0.2) is 25.9 Å². The molecular weight excluding hydrogens is 453 g/mol. The van der Waals surface area contributed by atoms with Crippen molar-refractivity contribution >= 4 is 33.3 Å². The molecule has 0 radical (unpaired) electrons. The maximum atomic E-state index is 13.4. The van der Waals surface area contributed by atoms with Crippen LogP contribution in [0.25, 0.3) is 22.2 Å². The normalized spacial score (nSPS) is 11.0. The van der Waals surface area contributed by atoms with Crippen LogP contribution in [0.3, 0.4) is 0 Å². The van der Waals surface area contributed by atoms with E-state index in [2.05, 4.69) is 15.3 Å². The Morgan fingerprint density at radius 3 is 2.50 bits per heavy atom. The number of hydrogen-bond donors (Lipinski definition) is 0. The van der Waals surface area contributed by atoms with Crippen molar-refractivity contribution in [2.45, 2.75) is 13.1 Å². The Hall–Kier alpha value is -4.24. The van der Waals surface area contributed by atoms with E-state index in [4.69, 9.17) is 0 Å². The van der Waals surface area contributed by atoms with Crippen LogP contribution in [0.5, 0.6) is 0 Å². The fraction of sp³-hybridized carbons (Fsp3) is 0.0800. The lowest BCUT2D eigenvalue weighted by molar-refractivity contribution is -0.119. The third-order valence-corrected chi connectivity index (χ3v) is 6.13. The molecule has 0 saturated carbocycles. The SMILES string of the molecule is O=C(Cn1nnc2ccccc2c1=O)N(Cc1ccccc1)c1nc(-c2ccc(F)cc2)cs1. The molecule has 7 nitrogen and oxygen atoms in total. The number of nitrogens with zero attached hydrogens (tertiary/aromatic N) is 5. The number of anilines is 1. The van der Waals surface area contributed by atoms with Gasteiger partial charge in [0.25, 0.3) is 11.5 Å². The highest BCUT2D eigenvalue weighted by Crippen LogP contribution is 2.29. The number of halogens is 1. The first-order valence-electron chi connectivity index (χ1n) is 10.5. The van der Waals surface area contributed by atoms with Crippen LogP contribution in [-0.2, 0) is 17.9 Å². The fourth-order valence-corrected chi connectivity index (χ4v) is 4.36. The molecule has 9 heteroatoms. The van der Waals surface area contributed by atoms with Crippen LogP contribution < -0.4 is 10.5 Å². The first-order chi connectivity index (χ1) is 16.6. The van der Waals surface area contributed by atoms with E-state index in [9.17, 15) is 14.0 Å². The van der Waals surface area contributed by atoms with E-state index in [0.29, 0.717) is 21.7 Å². The maximum absolute atomic E-state index is 13.4. The molecule has 0 atom stereocenters. The highest BCUT2D eigenvalue weighted by atomic mass is 32.1. The maximum Gasteiger partial charge on any atom is 0.278 e. The highest BCUT2D eigenvalue weighted by Gasteiger charge is 2.22. The Morgan fingerprint density at radius 1 is 0.971 bits per heavy atom. The lowest BCUT2D eigenvalue weighted by atomic mass is 10.2. The summed E-state index contributed by atoms with van der Waals surface area (Å²) in [6.45, 7) is -0.0131. The van der Waals surface area contributed by atoms with Crippen LogP contribution in [0.4, 0.5) is 9.52 Å². The Kier molecular flexibility index (Phi) is 5.92. The lowest BCUT2D eigenvalue weighted by Gasteiger charge is -2.20. The second kappa shape index (κ2) is 9.32. The van der Waals surface area contributed by atoms with Crippen LogP contribution in [0.15, 0.2) is 89.0 Å². The third kappa shape index (κ3) is 4.46. The van der Waals surface area contributed by atoms with Crippen molar-refractivity contribution in [1.29, 1.82) is 0 Å². The predicted octanol–water partition coefficient (Wildman–Crippen LogP) is 4.29. The molecule has 5 rings (SSSR count). The number of carbonyl (C=O) groups is 1. The average molecular weight is 472 g/mol. The first kappa shape index (κ1) is 21.6. The van der Waals surface area contributed by atoms with Gasteiger partial charge in [-0.05, 0) is 42.0 Å². The van der Waals surface area contributed by atoms with Gasteiger partial charge in [-0.15, -0.1) is 16.4 Å². The highest BCUT2D eigenvalue weighted by molar-refractivity contribution is 7.14. The number of hydrogen-bond acceptors (Lipinski definition) is 6. The molecule has 0 spiro atoms. The summed E-state index contributed by atoms with van der Waals surface area (Å²) in [5, 5.41) is 10.7. The van der Waals surface area contributed by atoms with Crippen LogP contribution in [0, 0.1) is 5.82 Å². The summed E-state index contributed by atoms with van der Waals surface area (Å²) in [5.74, 6) is -0.683. The van der Waals surface area contributed by atoms with E-state index >= 15 is 0 Å². The molecule has 0 N–H and O–H groups in total. The summed E-state index contributed by atoms with van der Waals surface area (Å²) in [4.78, 5) is 32.4. The first-order valence-corrected chi connectivity index (χ1v) is 11.3. The van der Waals surface area contributed by atoms with E-state index in [1.807, 2.05) is 35.7 Å². The molecule has 3 aromatic carbocycles. The number of carbonyl (C=O) groups excluding carboxylic acids is 1. The van der Waals surface area contributed by atoms with Crippen molar-refractivity contribution in [3.63, 3.8) is 0 Å². The van der Waals surface area contributed by atoms with Crippen LogP contribution in [0.1, 0.15) is 5.56 Å². The molecule has 0 bridgehead atoms. The number of amides is 1. The minimum absolute atomic E-state index is 0.270. The van der Waals surface area contributed by atoms with Gasteiger partial charge in [-0.1, -0.05) is 47.7 Å². The Morgan fingerprint density at radius 2 is 1.71 bits per heavy atom. The molecule has 0 unspecified atom stereocenters. The van der Waals surface area contributed by atoms with Gasteiger partial charge in [0.1, 0.15) is 17.9 Å². The van der Waals surface area contributed by atoms with Gasteiger partial charge in [0.2, 0.25) is 0 Å². The summed E-state index contributed by atoms with van der Waals surface area (Å²) in [7, 11) is 0. The quantitative estimate of drug-likeness (QED) is 0.369. The largest absolute Gasteiger partial charge is 0.282 e. The molecule has 1 amide bonds. The van der Waals surface area contributed by atoms with Crippen LogP contribution in [0.2, 0.25) is 0 Å².